The topological polar surface area (TPSA) is 81.3 Å². The number of anilines is 1. The Bertz CT molecular complexity index is 1400. The predicted octanol–water partition coefficient (Wildman–Crippen LogP) is 4.13. The fourth-order valence-corrected chi connectivity index (χ4v) is 3.55. The van der Waals surface area contributed by atoms with Crippen LogP contribution in [0.1, 0.15) is 36.7 Å². The van der Waals surface area contributed by atoms with E-state index >= 15 is 0 Å². The van der Waals surface area contributed by atoms with Crippen LogP contribution in [0.4, 0.5) is 18.9 Å². The van der Waals surface area contributed by atoms with E-state index in [1.807, 2.05) is 13.1 Å². The number of alkyl halides is 3. The average molecular weight is 443 g/mol. The Morgan fingerprint density at radius 3 is 2.56 bits per heavy atom. The van der Waals surface area contributed by atoms with Gasteiger partial charge in [-0.2, -0.15) is 18.3 Å². The molecule has 0 spiro atoms. The van der Waals surface area contributed by atoms with E-state index in [-0.39, 0.29) is 23.2 Å². The van der Waals surface area contributed by atoms with Crippen molar-refractivity contribution in [3.05, 3.63) is 70.0 Å². The third-order valence-corrected chi connectivity index (χ3v) is 5.01. The van der Waals surface area contributed by atoms with Gasteiger partial charge in [0.1, 0.15) is 12.2 Å². The molecule has 0 aliphatic heterocycles. The molecule has 1 N–H and O–H groups in total. The van der Waals surface area contributed by atoms with Gasteiger partial charge in [0.05, 0.1) is 28.0 Å². The fourth-order valence-electron chi connectivity index (χ4n) is 3.55. The molecular formula is C22H20F3N5O2. The minimum absolute atomic E-state index is 0.0832. The molecule has 0 radical (unpaired) electrons. The van der Waals surface area contributed by atoms with Gasteiger partial charge in [-0.1, -0.05) is 13.8 Å². The minimum Gasteiger partial charge on any atom is -0.323 e. The van der Waals surface area contributed by atoms with Crippen molar-refractivity contribution in [2.24, 2.45) is 0 Å². The Kier molecular flexibility index (Phi) is 5.23. The summed E-state index contributed by atoms with van der Waals surface area (Å²) in [5.41, 5.74) is 0.895. The van der Waals surface area contributed by atoms with E-state index in [4.69, 9.17) is 0 Å². The molecule has 0 saturated heterocycles. The molecule has 166 valence electrons. The van der Waals surface area contributed by atoms with Gasteiger partial charge < -0.3 is 9.72 Å². The Balaban J connectivity index is 1.67. The zero-order valence-electron chi connectivity index (χ0n) is 17.6. The van der Waals surface area contributed by atoms with Crippen LogP contribution in [0.25, 0.3) is 16.4 Å². The summed E-state index contributed by atoms with van der Waals surface area (Å²) in [5.74, 6) is -0.750. The number of carbonyl (C=O) groups is 1. The van der Waals surface area contributed by atoms with Crippen molar-refractivity contribution in [3.63, 3.8) is 0 Å². The van der Waals surface area contributed by atoms with Crippen LogP contribution in [-0.2, 0) is 17.5 Å². The van der Waals surface area contributed by atoms with E-state index < -0.39 is 23.2 Å². The first-order chi connectivity index (χ1) is 15.0. The SMILES string of the molecule is Cc1cn2cc(NC(=O)Cn3nc(C(C)C)c4cc(C(F)(F)F)ccc4c3=O)ccc2n1. The monoisotopic (exact) mass is 443 g/mol. The summed E-state index contributed by atoms with van der Waals surface area (Å²) in [5, 5.41) is 7.15. The second-order valence-corrected chi connectivity index (χ2v) is 7.87. The Morgan fingerprint density at radius 1 is 1.12 bits per heavy atom. The predicted molar refractivity (Wildman–Crippen MR) is 114 cm³/mol. The van der Waals surface area contributed by atoms with Gasteiger partial charge in [0.15, 0.2) is 0 Å². The van der Waals surface area contributed by atoms with Gasteiger partial charge in [0, 0.05) is 17.8 Å². The molecule has 3 aromatic heterocycles. The largest absolute Gasteiger partial charge is 0.416 e. The number of fused-ring (bicyclic) bond motifs is 2. The van der Waals surface area contributed by atoms with E-state index in [1.165, 1.54) is 0 Å². The quantitative estimate of drug-likeness (QED) is 0.514. The number of pyridine rings is 1. The lowest BCUT2D eigenvalue weighted by Gasteiger charge is -2.15. The third-order valence-electron chi connectivity index (χ3n) is 5.01. The summed E-state index contributed by atoms with van der Waals surface area (Å²) in [6.07, 6.45) is -1.03. The van der Waals surface area contributed by atoms with Crippen molar-refractivity contribution in [1.82, 2.24) is 19.2 Å². The maximum Gasteiger partial charge on any atom is 0.416 e. The molecule has 0 bridgehead atoms. The Labute approximate surface area is 180 Å². The minimum atomic E-state index is -4.54. The number of hydrogen-bond acceptors (Lipinski definition) is 4. The molecule has 0 saturated carbocycles. The molecule has 1 amide bonds. The van der Waals surface area contributed by atoms with Gasteiger partial charge in [-0.25, -0.2) is 9.67 Å². The van der Waals surface area contributed by atoms with Gasteiger partial charge in [-0.3, -0.25) is 9.59 Å². The number of imidazole rings is 1. The number of aromatic nitrogens is 4. The lowest BCUT2D eigenvalue weighted by molar-refractivity contribution is -0.137. The molecule has 0 unspecified atom stereocenters. The smallest absolute Gasteiger partial charge is 0.323 e. The zero-order valence-corrected chi connectivity index (χ0v) is 17.6. The van der Waals surface area contributed by atoms with Crippen molar-refractivity contribution in [1.29, 1.82) is 0 Å². The van der Waals surface area contributed by atoms with E-state index in [9.17, 15) is 22.8 Å². The summed E-state index contributed by atoms with van der Waals surface area (Å²) >= 11 is 0. The number of nitrogens with one attached hydrogen (secondary N) is 1. The van der Waals surface area contributed by atoms with Crippen molar-refractivity contribution < 1.29 is 18.0 Å². The second-order valence-electron chi connectivity index (χ2n) is 7.87. The lowest BCUT2D eigenvalue weighted by atomic mass is 10.0. The summed E-state index contributed by atoms with van der Waals surface area (Å²) in [7, 11) is 0. The number of carbonyl (C=O) groups excluding carboxylic acids is 1. The number of hydrogen-bond donors (Lipinski definition) is 1. The molecule has 1 aromatic carbocycles. The first-order valence-electron chi connectivity index (χ1n) is 9.90. The van der Waals surface area contributed by atoms with Crippen molar-refractivity contribution in [3.8, 4) is 0 Å². The number of amides is 1. The highest BCUT2D eigenvalue weighted by atomic mass is 19.4. The van der Waals surface area contributed by atoms with Crippen molar-refractivity contribution in [2.75, 3.05) is 5.32 Å². The molecule has 0 aliphatic carbocycles. The van der Waals surface area contributed by atoms with E-state index in [0.29, 0.717) is 11.4 Å². The summed E-state index contributed by atoms with van der Waals surface area (Å²) < 4.78 is 42.2. The molecule has 32 heavy (non-hydrogen) atoms. The summed E-state index contributed by atoms with van der Waals surface area (Å²) in [6.45, 7) is 5.00. The first-order valence-corrected chi connectivity index (χ1v) is 9.90. The maximum absolute atomic E-state index is 13.1. The van der Waals surface area contributed by atoms with Crippen LogP contribution in [-0.4, -0.2) is 25.1 Å². The van der Waals surface area contributed by atoms with Gasteiger partial charge in [-0.15, -0.1) is 0 Å². The highest BCUT2D eigenvalue weighted by Gasteiger charge is 2.31. The van der Waals surface area contributed by atoms with Crippen LogP contribution >= 0.6 is 0 Å². The highest BCUT2D eigenvalue weighted by molar-refractivity contribution is 5.91. The molecule has 3 heterocycles. The van der Waals surface area contributed by atoms with Crippen LogP contribution in [0.3, 0.4) is 0 Å². The van der Waals surface area contributed by atoms with Gasteiger partial charge in [-0.05, 0) is 43.2 Å². The number of nitrogens with zero attached hydrogens (tertiary/aromatic N) is 4. The molecule has 4 aromatic rings. The Hall–Kier alpha value is -3.69. The molecule has 7 nitrogen and oxygen atoms in total. The molecule has 0 aliphatic rings. The molecule has 0 atom stereocenters. The van der Waals surface area contributed by atoms with Crippen LogP contribution in [0, 0.1) is 6.92 Å². The maximum atomic E-state index is 13.1. The lowest BCUT2D eigenvalue weighted by Crippen LogP contribution is -2.31. The normalized spacial score (nSPS) is 12.1. The molecular weight excluding hydrogens is 423 g/mol. The van der Waals surface area contributed by atoms with Crippen molar-refractivity contribution in [2.45, 2.75) is 39.4 Å². The summed E-state index contributed by atoms with van der Waals surface area (Å²) in [4.78, 5) is 29.8. The molecule has 4 rings (SSSR count). The second kappa shape index (κ2) is 7.77. The average Bonchev–Trinajstić information content (AvgIpc) is 3.08. The van der Waals surface area contributed by atoms with Gasteiger partial charge in [0.25, 0.3) is 5.56 Å². The van der Waals surface area contributed by atoms with Gasteiger partial charge >= 0.3 is 6.18 Å². The van der Waals surface area contributed by atoms with E-state index in [1.54, 1.807) is 36.6 Å². The summed E-state index contributed by atoms with van der Waals surface area (Å²) in [6, 6.07) is 6.37. The molecule has 10 heteroatoms. The number of halogens is 3. The van der Waals surface area contributed by atoms with E-state index in [0.717, 1.165) is 34.2 Å². The number of aryl methyl sites for hydroxylation is 1. The van der Waals surface area contributed by atoms with E-state index in [2.05, 4.69) is 15.4 Å². The Morgan fingerprint density at radius 2 is 1.88 bits per heavy atom. The highest BCUT2D eigenvalue weighted by Crippen LogP contribution is 2.32. The number of rotatable bonds is 4. The fraction of sp³-hybridized carbons (Fsp3) is 0.273. The van der Waals surface area contributed by atoms with Crippen LogP contribution in [0.15, 0.2) is 47.5 Å². The van der Waals surface area contributed by atoms with Crippen LogP contribution < -0.4 is 10.9 Å². The zero-order chi connectivity index (χ0) is 23.2. The van der Waals surface area contributed by atoms with Crippen LogP contribution in [0.5, 0.6) is 0 Å². The third kappa shape index (κ3) is 4.08. The first kappa shape index (κ1) is 21.5. The van der Waals surface area contributed by atoms with Crippen LogP contribution in [0.2, 0.25) is 0 Å². The van der Waals surface area contributed by atoms with Crippen molar-refractivity contribution >= 4 is 28.0 Å². The standard InChI is InChI=1S/C22H20F3N5O2/c1-12(2)20-17-8-14(22(23,24)25)4-6-16(17)21(32)30(28-20)11-19(31)27-15-5-7-18-26-13(3)9-29(18)10-15/h4-10,12H,11H2,1-3H3,(H,27,31). The number of benzene rings is 1. The molecule has 0 fully saturated rings. The van der Waals surface area contributed by atoms with Gasteiger partial charge in [0.2, 0.25) is 5.91 Å².